The molecule has 0 aliphatic carbocycles. The fraction of sp³-hybridized carbons (Fsp3) is 0.533. The molecule has 1 aliphatic rings. The largest absolute Gasteiger partial charge is 0.478 e. The third-order valence-corrected chi connectivity index (χ3v) is 3.85. The van der Waals surface area contributed by atoms with Crippen molar-refractivity contribution in [2.24, 2.45) is 5.92 Å². The van der Waals surface area contributed by atoms with E-state index in [1.165, 1.54) is 0 Å². The van der Waals surface area contributed by atoms with E-state index in [-0.39, 0.29) is 0 Å². The maximum Gasteiger partial charge on any atom is 0.335 e. The molecule has 1 aromatic carbocycles. The zero-order valence-corrected chi connectivity index (χ0v) is 11.8. The Morgan fingerprint density at radius 3 is 2.42 bits per heavy atom. The molecule has 1 heterocycles. The summed E-state index contributed by atoms with van der Waals surface area (Å²) >= 11 is 0. The summed E-state index contributed by atoms with van der Waals surface area (Å²) in [4.78, 5) is 13.3. The van der Waals surface area contributed by atoms with E-state index in [2.05, 4.69) is 31.0 Å². The number of nitrogens with one attached hydrogen (secondary N) is 1. The zero-order chi connectivity index (χ0) is 14.0. The van der Waals surface area contributed by atoms with Crippen molar-refractivity contribution in [1.82, 2.24) is 4.90 Å². The minimum absolute atomic E-state index is 0.328. The Kier molecular flexibility index (Phi) is 4.10. The number of likely N-dealkylation sites (tertiary alicyclic amines) is 1. The van der Waals surface area contributed by atoms with Gasteiger partial charge in [-0.25, -0.2) is 4.79 Å². The Morgan fingerprint density at radius 2 is 1.95 bits per heavy atom. The van der Waals surface area contributed by atoms with E-state index in [1.54, 1.807) is 12.1 Å². The molecule has 0 amide bonds. The van der Waals surface area contributed by atoms with E-state index in [0.717, 1.165) is 18.8 Å². The van der Waals surface area contributed by atoms with Crippen LogP contribution in [0.25, 0.3) is 0 Å². The van der Waals surface area contributed by atoms with E-state index >= 15 is 0 Å². The molecule has 104 valence electrons. The summed E-state index contributed by atoms with van der Waals surface area (Å²) in [5, 5.41) is 12.4. The second-order valence-corrected chi connectivity index (χ2v) is 5.66. The third-order valence-electron chi connectivity index (χ3n) is 3.85. The molecular formula is C15H22N2O2. The average Bonchev–Trinajstić information content (AvgIpc) is 2.72. The molecule has 2 unspecified atom stereocenters. The maximum atomic E-state index is 10.8. The molecule has 4 nitrogen and oxygen atoms in total. The number of carbonyl (C=O) groups is 1. The highest BCUT2D eigenvalue weighted by Gasteiger charge is 2.30. The second kappa shape index (κ2) is 5.61. The van der Waals surface area contributed by atoms with Gasteiger partial charge in [-0.05, 0) is 44.0 Å². The Balaban J connectivity index is 1.99. The monoisotopic (exact) mass is 262 g/mol. The fourth-order valence-corrected chi connectivity index (χ4v) is 2.54. The number of hydrogen-bond donors (Lipinski definition) is 2. The molecule has 1 saturated heterocycles. The van der Waals surface area contributed by atoms with Crippen molar-refractivity contribution in [3.05, 3.63) is 29.8 Å². The quantitative estimate of drug-likeness (QED) is 0.875. The van der Waals surface area contributed by atoms with Crippen LogP contribution in [0, 0.1) is 5.92 Å². The van der Waals surface area contributed by atoms with Crippen LogP contribution >= 0.6 is 0 Å². The standard InChI is InChI=1S/C15H22N2O2/c1-10(2)17-8-11(3)14(9-17)16-13-6-4-12(5-7-13)15(18)19/h4-7,10-11,14,16H,8-9H2,1-3H3,(H,18,19). The molecule has 0 bridgehead atoms. The molecule has 4 heteroatoms. The highest BCUT2D eigenvalue weighted by Crippen LogP contribution is 2.22. The van der Waals surface area contributed by atoms with Crippen molar-refractivity contribution in [3.63, 3.8) is 0 Å². The molecular weight excluding hydrogens is 240 g/mol. The van der Waals surface area contributed by atoms with E-state index in [0.29, 0.717) is 23.6 Å². The Labute approximate surface area is 114 Å². The Morgan fingerprint density at radius 1 is 1.32 bits per heavy atom. The summed E-state index contributed by atoms with van der Waals surface area (Å²) in [6.07, 6.45) is 0. The summed E-state index contributed by atoms with van der Waals surface area (Å²) in [5.41, 5.74) is 1.32. The number of carboxylic acids is 1. The molecule has 2 atom stereocenters. The van der Waals surface area contributed by atoms with E-state index < -0.39 is 5.97 Å². The third kappa shape index (κ3) is 3.26. The van der Waals surface area contributed by atoms with Crippen molar-refractivity contribution < 1.29 is 9.90 Å². The summed E-state index contributed by atoms with van der Waals surface area (Å²) in [5.74, 6) is -0.284. The van der Waals surface area contributed by atoms with Crippen LogP contribution in [0.5, 0.6) is 0 Å². The summed E-state index contributed by atoms with van der Waals surface area (Å²) < 4.78 is 0. The first-order valence-electron chi connectivity index (χ1n) is 6.81. The van der Waals surface area contributed by atoms with Crippen LogP contribution in [0.3, 0.4) is 0 Å². The first-order chi connectivity index (χ1) is 8.97. The van der Waals surface area contributed by atoms with Gasteiger partial charge in [0.2, 0.25) is 0 Å². The first kappa shape index (κ1) is 13.9. The fourth-order valence-electron chi connectivity index (χ4n) is 2.54. The second-order valence-electron chi connectivity index (χ2n) is 5.66. The van der Waals surface area contributed by atoms with Gasteiger partial charge < -0.3 is 10.4 Å². The molecule has 0 aromatic heterocycles. The molecule has 1 aliphatic heterocycles. The van der Waals surface area contributed by atoms with Crippen molar-refractivity contribution in [1.29, 1.82) is 0 Å². The summed E-state index contributed by atoms with van der Waals surface area (Å²) in [6.45, 7) is 8.85. The van der Waals surface area contributed by atoms with Crippen molar-refractivity contribution in [2.75, 3.05) is 18.4 Å². The number of carboxylic acid groups (broad SMARTS) is 1. The maximum absolute atomic E-state index is 10.8. The Bertz CT molecular complexity index is 442. The molecule has 1 fully saturated rings. The van der Waals surface area contributed by atoms with Gasteiger partial charge in [-0.3, -0.25) is 4.90 Å². The normalized spacial score (nSPS) is 23.8. The molecule has 1 aromatic rings. The van der Waals surface area contributed by atoms with E-state index in [1.807, 2.05) is 12.1 Å². The Hall–Kier alpha value is -1.55. The number of rotatable bonds is 4. The molecule has 2 rings (SSSR count). The molecule has 2 N–H and O–H groups in total. The van der Waals surface area contributed by atoms with Crippen molar-refractivity contribution in [3.8, 4) is 0 Å². The highest BCUT2D eigenvalue weighted by molar-refractivity contribution is 5.88. The average molecular weight is 262 g/mol. The number of anilines is 1. The molecule has 0 saturated carbocycles. The van der Waals surface area contributed by atoms with Crippen LogP contribution in [-0.2, 0) is 0 Å². The first-order valence-corrected chi connectivity index (χ1v) is 6.81. The van der Waals surface area contributed by atoms with Gasteiger partial charge in [0.1, 0.15) is 0 Å². The SMILES string of the molecule is CC1CN(C(C)C)CC1Nc1ccc(C(=O)O)cc1. The van der Waals surface area contributed by atoms with Gasteiger partial charge in [-0.1, -0.05) is 6.92 Å². The van der Waals surface area contributed by atoms with E-state index in [9.17, 15) is 4.79 Å². The van der Waals surface area contributed by atoms with Crippen LogP contribution in [0.1, 0.15) is 31.1 Å². The minimum atomic E-state index is -0.883. The molecule has 19 heavy (non-hydrogen) atoms. The van der Waals surface area contributed by atoms with Gasteiger partial charge in [0.25, 0.3) is 0 Å². The van der Waals surface area contributed by atoms with Gasteiger partial charge in [0.05, 0.1) is 5.56 Å². The van der Waals surface area contributed by atoms with Crippen LogP contribution in [-0.4, -0.2) is 41.1 Å². The van der Waals surface area contributed by atoms with Crippen LogP contribution in [0.15, 0.2) is 24.3 Å². The van der Waals surface area contributed by atoms with Crippen molar-refractivity contribution in [2.45, 2.75) is 32.9 Å². The number of nitrogens with zero attached hydrogens (tertiary/aromatic N) is 1. The van der Waals surface area contributed by atoms with Gasteiger partial charge in [0, 0.05) is 30.9 Å². The molecule has 0 spiro atoms. The van der Waals surface area contributed by atoms with Crippen LogP contribution < -0.4 is 5.32 Å². The summed E-state index contributed by atoms with van der Waals surface area (Å²) in [7, 11) is 0. The lowest BCUT2D eigenvalue weighted by Gasteiger charge is -2.21. The smallest absolute Gasteiger partial charge is 0.335 e. The lowest BCUT2D eigenvalue weighted by molar-refractivity contribution is 0.0697. The minimum Gasteiger partial charge on any atom is -0.478 e. The predicted molar refractivity (Wildman–Crippen MR) is 76.7 cm³/mol. The van der Waals surface area contributed by atoms with Crippen LogP contribution in [0.2, 0.25) is 0 Å². The lowest BCUT2D eigenvalue weighted by atomic mass is 10.1. The summed E-state index contributed by atoms with van der Waals surface area (Å²) in [6, 6.07) is 7.97. The number of aromatic carboxylic acids is 1. The number of hydrogen-bond acceptors (Lipinski definition) is 3. The van der Waals surface area contributed by atoms with Gasteiger partial charge >= 0.3 is 5.97 Å². The van der Waals surface area contributed by atoms with Gasteiger partial charge in [-0.15, -0.1) is 0 Å². The van der Waals surface area contributed by atoms with Crippen LogP contribution in [0.4, 0.5) is 5.69 Å². The zero-order valence-electron chi connectivity index (χ0n) is 11.8. The lowest BCUT2D eigenvalue weighted by Crippen LogP contribution is -2.31. The molecule has 0 radical (unpaired) electrons. The van der Waals surface area contributed by atoms with Gasteiger partial charge in [0.15, 0.2) is 0 Å². The predicted octanol–water partition coefficient (Wildman–Crippen LogP) is 2.53. The van der Waals surface area contributed by atoms with Gasteiger partial charge in [-0.2, -0.15) is 0 Å². The topological polar surface area (TPSA) is 52.6 Å². The van der Waals surface area contributed by atoms with E-state index in [4.69, 9.17) is 5.11 Å². The number of benzene rings is 1. The van der Waals surface area contributed by atoms with Crippen molar-refractivity contribution >= 4 is 11.7 Å². The highest BCUT2D eigenvalue weighted by atomic mass is 16.4.